The van der Waals surface area contributed by atoms with Crippen LogP contribution in [0.15, 0.2) is 18.2 Å². The van der Waals surface area contributed by atoms with Gasteiger partial charge in [0.2, 0.25) is 11.8 Å². The minimum Gasteiger partial charge on any atom is -0.496 e. The predicted molar refractivity (Wildman–Crippen MR) is 63.7 cm³/mol. The third-order valence-electron chi connectivity index (χ3n) is 3.01. The average Bonchev–Trinajstić information content (AvgIpc) is 2.70. The highest BCUT2D eigenvalue weighted by Crippen LogP contribution is 2.24. The number of methoxy groups -OCH3 is 1. The Balaban J connectivity index is 2.26. The van der Waals surface area contributed by atoms with Crippen molar-refractivity contribution in [2.45, 2.75) is 26.0 Å². The molecule has 0 atom stereocenters. The fourth-order valence-electron chi connectivity index (χ4n) is 2.02. The van der Waals surface area contributed by atoms with Crippen LogP contribution in [-0.2, 0) is 22.7 Å². The van der Waals surface area contributed by atoms with Crippen LogP contribution in [0.5, 0.6) is 5.75 Å². The van der Waals surface area contributed by atoms with E-state index in [-0.39, 0.29) is 37.8 Å². The van der Waals surface area contributed by atoms with Gasteiger partial charge in [0.1, 0.15) is 5.75 Å². The van der Waals surface area contributed by atoms with Gasteiger partial charge in [-0.1, -0.05) is 6.07 Å². The molecule has 1 aromatic carbocycles. The van der Waals surface area contributed by atoms with E-state index in [1.54, 1.807) is 18.2 Å². The molecule has 5 heteroatoms. The number of hydrogen-bond donors (Lipinski definition) is 1. The fourth-order valence-corrected chi connectivity index (χ4v) is 2.02. The van der Waals surface area contributed by atoms with Crippen molar-refractivity contribution in [3.05, 3.63) is 29.3 Å². The predicted octanol–water partition coefficient (Wildman–Crippen LogP) is 0.837. The van der Waals surface area contributed by atoms with Crippen LogP contribution in [-0.4, -0.2) is 28.9 Å². The number of imide groups is 1. The maximum absolute atomic E-state index is 11.6. The smallest absolute Gasteiger partial charge is 0.230 e. The second-order valence-corrected chi connectivity index (χ2v) is 4.18. The number of likely N-dealkylation sites (tertiary alicyclic amines) is 1. The van der Waals surface area contributed by atoms with Gasteiger partial charge in [0.05, 0.1) is 20.3 Å². The third kappa shape index (κ3) is 2.36. The molecule has 1 aliphatic rings. The molecule has 0 unspecified atom stereocenters. The Labute approximate surface area is 105 Å². The molecule has 0 spiro atoms. The fraction of sp³-hybridized carbons (Fsp3) is 0.385. The molecule has 0 aliphatic carbocycles. The first-order valence-corrected chi connectivity index (χ1v) is 5.75. The van der Waals surface area contributed by atoms with Gasteiger partial charge < -0.3 is 9.84 Å². The first-order valence-electron chi connectivity index (χ1n) is 5.75. The average molecular weight is 249 g/mol. The van der Waals surface area contributed by atoms with Crippen molar-refractivity contribution in [1.82, 2.24) is 4.90 Å². The van der Waals surface area contributed by atoms with Gasteiger partial charge in [0.15, 0.2) is 0 Å². The van der Waals surface area contributed by atoms with Crippen molar-refractivity contribution in [3.63, 3.8) is 0 Å². The van der Waals surface area contributed by atoms with Crippen molar-refractivity contribution in [2.24, 2.45) is 0 Å². The van der Waals surface area contributed by atoms with E-state index in [1.807, 2.05) is 0 Å². The zero-order valence-corrected chi connectivity index (χ0v) is 10.2. The van der Waals surface area contributed by atoms with Gasteiger partial charge in [-0.3, -0.25) is 14.5 Å². The van der Waals surface area contributed by atoms with Crippen molar-refractivity contribution in [3.8, 4) is 5.75 Å². The molecular weight excluding hydrogens is 234 g/mol. The minimum absolute atomic E-state index is 0.0844. The van der Waals surface area contributed by atoms with Gasteiger partial charge in [-0.05, 0) is 17.7 Å². The summed E-state index contributed by atoms with van der Waals surface area (Å²) in [6.07, 6.45) is 0.557. The first-order chi connectivity index (χ1) is 8.65. The number of nitrogens with zero attached hydrogens (tertiary/aromatic N) is 1. The van der Waals surface area contributed by atoms with E-state index in [9.17, 15) is 9.59 Å². The highest BCUT2D eigenvalue weighted by Gasteiger charge is 2.29. The highest BCUT2D eigenvalue weighted by molar-refractivity contribution is 6.01. The monoisotopic (exact) mass is 249 g/mol. The van der Waals surface area contributed by atoms with Gasteiger partial charge >= 0.3 is 0 Å². The topological polar surface area (TPSA) is 66.8 Å². The Hall–Kier alpha value is -1.88. The molecule has 0 radical (unpaired) electrons. The number of carbonyl (C=O) groups is 2. The summed E-state index contributed by atoms with van der Waals surface area (Å²) in [6.45, 7) is 0.119. The molecule has 1 aromatic rings. The van der Waals surface area contributed by atoms with Gasteiger partial charge in [0, 0.05) is 18.4 Å². The van der Waals surface area contributed by atoms with E-state index in [1.165, 1.54) is 12.0 Å². The zero-order valence-electron chi connectivity index (χ0n) is 10.2. The van der Waals surface area contributed by atoms with Crippen molar-refractivity contribution in [2.75, 3.05) is 7.11 Å². The number of ether oxygens (including phenoxy) is 1. The molecular formula is C13H15NO4. The summed E-state index contributed by atoms with van der Waals surface area (Å²) >= 11 is 0. The van der Waals surface area contributed by atoms with Crippen LogP contribution >= 0.6 is 0 Å². The van der Waals surface area contributed by atoms with Crippen LogP contribution in [0.4, 0.5) is 0 Å². The summed E-state index contributed by atoms with van der Waals surface area (Å²) in [6, 6.07) is 5.22. The SMILES string of the molecule is COc1ccc(CO)cc1CN1C(=O)CCC1=O. The summed E-state index contributed by atoms with van der Waals surface area (Å²) in [7, 11) is 1.53. The number of amides is 2. The van der Waals surface area contributed by atoms with Crippen LogP contribution in [0.3, 0.4) is 0 Å². The van der Waals surface area contributed by atoms with Gasteiger partial charge in [-0.15, -0.1) is 0 Å². The molecule has 96 valence electrons. The van der Waals surface area contributed by atoms with Gasteiger partial charge in [-0.25, -0.2) is 0 Å². The van der Waals surface area contributed by atoms with Crippen LogP contribution in [0.2, 0.25) is 0 Å². The van der Waals surface area contributed by atoms with Crippen molar-refractivity contribution >= 4 is 11.8 Å². The van der Waals surface area contributed by atoms with E-state index in [0.29, 0.717) is 5.75 Å². The molecule has 0 bridgehead atoms. The Morgan fingerprint density at radius 3 is 2.50 bits per heavy atom. The van der Waals surface area contributed by atoms with Crippen LogP contribution in [0, 0.1) is 0 Å². The molecule has 1 aliphatic heterocycles. The zero-order chi connectivity index (χ0) is 13.1. The molecule has 1 heterocycles. The van der Waals surface area contributed by atoms with E-state index in [2.05, 4.69) is 0 Å². The molecule has 0 aromatic heterocycles. The summed E-state index contributed by atoms with van der Waals surface area (Å²) in [5.41, 5.74) is 1.46. The van der Waals surface area contributed by atoms with Crippen molar-refractivity contribution in [1.29, 1.82) is 0 Å². The van der Waals surface area contributed by atoms with E-state index < -0.39 is 0 Å². The maximum Gasteiger partial charge on any atom is 0.230 e. The van der Waals surface area contributed by atoms with E-state index >= 15 is 0 Å². The number of rotatable bonds is 4. The van der Waals surface area contributed by atoms with Crippen LogP contribution in [0.25, 0.3) is 0 Å². The summed E-state index contributed by atoms with van der Waals surface area (Å²) in [5, 5.41) is 9.10. The Morgan fingerprint density at radius 1 is 1.28 bits per heavy atom. The quantitative estimate of drug-likeness (QED) is 0.803. The Morgan fingerprint density at radius 2 is 1.94 bits per heavy atom. The second kappa shape index (κ2) is 5.18. The largest absolute Gasteiger partial charge is 0.496 e. The molecule has 2 rings (SSSR count). The molecule has 18 heavy (non-hydrogen) atoms. The lowest BCUT2D eigenvalue weighted by molar-refractivity contribution is -0.139. The number of aliphatic hydroxyl groups excluding tert-OH is 1. The summed E-state index contributed by atoms with van der Waals surface area (Å²) in [4.78, 5) is 24.4. The number of aliphatic hydroxyl groups is 1. The lowest BCUT2D eigenvalue weighted by Gasteiger charge is -2.16. The number of benzene rings is 1. The standard InChI is InChI=1S/C13H15NO4/c1-18-11-3-2-9(8-15)6-10(11)7-14-12(16)4-5-13(14)17/h2-3,6,15H,4-5,7-8H2,1H3. The molecule has 5 nitrogen and oxygen atoms in total. The lowest BCUT2D eigenvalue weighted by Crippen LogP contribution is -2.28. The molecule has 1 fully saturated rings. The van der Waals surface area contributed by atoms with Gasteiger partial charge in [0.25, 0.3) is 0 Å². The number of carbonyl (C=O) groups excluding carboxylic acids is 2. The minimum atomic E-state index is -0.156. The van der Waals surface area contributed by atoms with Crippen molar-refractivity contribution < 1.29 is 19.4 Å². The van der Waals surface area contributed by atoms with Crippen LogP contribution < -0.4 is 4.74 Å². The van der Waals surface area contributed by atoms with E-state index in [4.69, 9.17) is 9.84 Å². The lowest BCUT2D eigenvalue weighted by atomic mass is 10.1. The summed E-state index contributed by atoms with van der Waals surface area (Å²) in [5.74, 6) is 0.299. The molecule has 2 amide bonds. The summed E-state index contributed by atoms with van der Waals surface area (Å²) < 4.78 is 5.19. The Kier molecular flexibility index (Phi) is 3.62. The molecule has 0 saturated carbocycles. The normalized spacial score (nSPS) is 15.3. The molecule has 1 N–H and O–H groups in total. The number of hydrogen-bond acceptors (Lipinski definition) is 4. The third-order valence-corrected chi connectivity index (χ3v) is 3.01. The maximum atomic E-state index is 11.6. The highest BCUT2D eigenvalue weighted by atomic mass is 16.5. The second-order valence-electron chi connectivity index (χ2n) is 4.18. The van der Waals surface area contributed by atoms with Gasteiger partial charge in [-0.2, -0.15) is 0 Å². The van der Waals surface area contributed by atoms with E-state index in [0.717, 1.165) is 11.1 Å². The Bertz CT molecular complexity index is 468. The van der Waals surface area contributed by atoms with Crippen LogP contribution in [0.1, 0.15) is 24.0 Å². The first kappa shape index (κ1) is 12.6. The molecule has 1 saturated heterocycles.